The maximum absolute atomic E-state index is 5.80. The van der Waals surface area contributed by atoms with E-state index < -0.39 is 0 Å². The van der Waals surface area contributed by atoms with Gasteiger partial charge >= 0.3 is 0 Å². The van der Waals surface area contributed by atoms with Crippen LogP contribution in [-0.2, 0) is 11.3 Å². The number of hydrogen-bond donors (Lipinski definition) is 0. The largest absolute Gasteiger partial charge is 0.495 e. The molecule has 124 valence electrons. The average Bonchev–Trinajstić information content (AvgIpc) is 2.62. The third kappa shape index (κ3) is 3.07. The summed E-state index contributed by atoms with van der Waals surface area (Å²) in [6.07, 6.45) is 5.09. The Hall–Kier alpha value is -2.17. The highest BCUT2D eigenvalue weighted by Gasteiger charge is 2.35. The maximum atomic E-state index is 5.80. The first-order valence-corrected chi connectivity index (χ1v) is 8.42. The van der Waals surface area contributed by atoms with E-state index in [4.69, 9.17) is 9.47 Å². The maximum Gasteiger partial charge on any atom is 0.137 e. The molecule has 0 amide bonds. The Bertz CT molecular complexity index is 712. The highest BCUT2D eigenvalue weighted by Crippen LogP contribution is 2.33. The number of ether oxygens (including phenoxy) is 2. The number of nitrogens with zero attached hydrogens (tertiary/aromatic N) is 2. The van der Waals surface area contributed by atoms with Crippen LogP contribution in [0.4, 0.5) is 0 Å². The van der Waals surface area contributed by atoms with Crippen molar-refractivity contribution in [2.75, 3.05) is 20.3 Å². The molecule has 1 aromatic carbocycles. The molecule has 0 spiro atoms. The lowest BCUT2D eigenvalue weighted by atomic mass is 9.91. The van der Waals surface area contributed by atoms with Crippen molar-refractivity contribution in [1.82, 2.24) is 9.88 Å². The van der Waals surface area contributed by atoms with E-state index in [0.29, 0.717) is 12.1 Å². The standard InChI is InChI=1S/C20H22N2O2/c1-23-19-7-8-20(21-11-19)16-9-17-13-24-14-18(10-16)22(17)12-15-5-3-2-4-6-15/h2-9,11,17-18H,10,12-14H2,1H3. The van der Waals surface area contributed by atoms with Gasteiger partial charge in [-0.25, -0.2) is 0 Å². The second-order valence-electron chi connectivity index (χ2n) is 6.40. The van der Waals surface area contributed by atoms with Crippen molar-refractivity contribution >= 4 is 5.57 Å². The lowest BCUT2D eigenvalue weighted by molar-refractivity contribution is -0.0403. The molecule has 4 nitrogen and oxygen atoms in total. The quantitative estimate of drug-likeness (QED) is 0.866. The molecule has 4 rings (SSSR count). The van der Waals surface area contributed by atoms with E-state index in [1.807, 2.05) is 12.1 Å². The molecule has 0 N–H and O–H groups in total. The van der Waals surface area contributed by atoms with Crippen LogP contribution in [0.2, 0.25) is 0 Å². The van der Waals surface area contributed by atoms with E-state index in [-0.39, 0.29) is 0 Å². The van der Waals surface area contributed by atoms with Crippen LogP contribution in [0.1, 0.15) is 17.7 Å². The second kappa shape index (κ2) is 6.75. The third-order valence-electron chi connectivity index (χ3n) is 4.85. The number of rotatable bonds is 4. The summed E-state index contributed by atoms with van der Waals surface area (Å²) >= 11 is 0. The van der Waals surface area contributed by atoms with Gasteiger partial charge in [-0.15, -0.1) is 0 Å². The Kier molecular flexibility index (Phi) is 4.32. The normalized spacial score (nSPS) is 23.6. The second-order valence-corrected chi connectivity index (χ2v) is 6.40. The number of fused-ring (bicyclic) bond motifs is 2. The van der Waals surface area contributed by atoms with Gasteiger partial charge in [0.05, 0.1) is 38.3 Å². The molecule has 1 fully saturated rings. The fraction of sp³-hybridized carbons (Fsp3) is 0.350. The summed E-state index contributed by atoms with van der Waals surface area (Å²) in [5.74, 6) is 0.796. The van der Waals surface area contributed by atoms with Crippen molar-refractivity contribution in [3.8, 4) is 5.75 Å². The minimum absolute atomic E-state index is 0.316. The molecule has 1 saturated heterocycles. The van der Waals surface area contributed by atoms with Gasteiger partial charge in [-0.1, -0.05) is 36.4 Å². The summed E-state index contributed by atoms with van der Waals surface area (Å²) in [6, 6.07) is 15.4. The molecule has 3 heterocycles. The first kappa shape index (κ1) is 15.4. The van der Waals surface area contributed by atoms with Crippen LogP contribution in [0.15, 0.2) is 54.7 Å². The number of hydrogen-bond acceptors (Lipinski definition) is 4. The summed E-state index contributed by atoms with van der Waals surface area (Å²) < 4.78 is 11.0. The molecule has 0 saturated carbocycles. The molecule has 2 aromatic rings. The van der Waals surface area contributed by atoms with Gasteiger partial charge in [-0.2, -0.15) is 0 Å². The van der Waals surface area contributed by atoms with Gasteiger partial charge in [0, 0.05) is 12.6 Å². The molecule has 0 radical (unpaired) electrons. The molecule has 2 unspecified atom stereocenters. The molecule has 0 aliphatic carbocycles. The number of pyridine rings is 1. The first-order chi connectivity index (χ1) is 11.8. The molecule has 2 aliphatic heterocycles. The molecule has 1 aromatic heterocycles. The molecule has 2 bridgehead atoms. The number of benzene rings is 1. The zero-order chi connectivity index (χ0) is 16.4. The highest BCUT2D eigenvalue weighted by molar-refractivity contribution is 5.65. The lowest BCUT2D eigenvalue weighted by Crippen LogP contribution is -2.53. The summed E-state index contributed by atoms with van der Waals surface area (Å²) in [5, 5.41) is 0. The monoisotopic (exact) mass is 322 g/mol. The van der Waals surface area contributed by atoms with Crippen molar-refractivity contribution in [2.24, 2.45) is 0 Å². The van der Waals surface area contributed by atoms with E-state index in [0.717, 1.165) is 37.6 Å². The number of morpholine rings is 1. The molecular weight excluding hydrogens is 300 g/mol. The average molecular weight is 322 g/mol. The summed E-state index contributed by atoms with van der Waals surface area (Å²) in [5.41, 5.74) is 3.72. The zero-order valence-corrected chi connectivity index (χ0v) is 13.9. The SMILES string of the molecule is COc1ccc(C2=CC3COCC(C2)N3Cc2ccccc2)nc1. The van der Waals surface area contributed by atoms with Crippen molar-refractivity contribution in [3.05, 3.63) is 66.0 Å². The van der Waals surface area contributed by atoms with Gasteiger partial charge in [-0.05, 0) is 29.7 Å². The predicted molar refractivity (Wildman–Crippen MR) is 93.8 cm³/mol. The van der Waals surface area contributed by atoms with Gasteiger partial charge in [0.25, 0.3) is 0 Å². The Morgan fingerprint density at radius 1 is 1.17 bits per heavy atom. The highest BCUT2D eigenvalue weighted by atomic mass is 16.5. The van der Waals surface area contributed by atoms with Crippen molar-refractivity contribution in [2.45, 2.75) is 25.0 Å². The van der Waals surface area contributed by atoms with E-state index in [1.165, 1.54) is 11.1 Å². The van der Waals surface area contributed by atoms with Crippen molar-refractivity contribution < 1.29 is 9.47 Å². The molecule has 24 heavy (non-hydrogen) atoms. The van der Waals surface area contributed by atoms with Crippen molar-refractivity contribution in [1.29, 1.82) is 0 Å². The molecule has 4 heteroatoms. The smallest absolute Gasteiger partial charge is 0.137 e. The van der Waals surface area contributed by atoms with Crippen LogP contribution in [-0.4, -0.2) is 42.3 Å². The van der Waals surface area contributed by atoms with Gasteiger partial charge in [-0.3, -0.25) is 9.88 Å². The molecular formula is C20H22N2O2. The Morgan fingerprint density at radius 2 is 2.04 bits per heavy atom. The van der Waals surface area contributed by atoms with Crippen LogP contribution >= 0.6 is 0 Å². The zero-order valence-electron chi connectivity index (χ0n) is 13.9. The van der Waals surface area contributed by atoms with Gasteiger partial charge in [0.1, 0.15) is 5.75 Å². The minimum Gasteiger partial charge on any atom is -0.495 e. The van der Waals surface area contributed by atoms with E-state index in [2.05, 4.69) is 46.3 Å². The van der Waals surface area contributed by atoms with E-state index in [9.17, 15) is 0 Å². The third-order valence-corrected chi connectivity index (χ3v) is 4.85. The Labute approximate surface area is 142 Å². The predicted octanol–water partition coefficient (Wildman–Crippen LogP) is 3.15. The van der Waals surface area contributed by atoms with Crippen LogP contribution in [0.25, 0.3) is 5.57 Å². The van der Waals surface area contributed by atoms with E-state index in [1.54, 1.807) is 13.3 Å². The molecule has 2 atom stereocenters. The lowest BCUT2D eigenvalue weighted by Gasteiger charge is -2.44. The topological polar surface area (TPSA) is 34.6 Å². The summed E-state index contributed by atoms with van der Waals surface area (Å²) in [7, 11) is 1.67. The summed E-state index contributed by atoms with van der Waals surface area (Å²) in [6.45, 7) is 2.51. The van der Waals surface area contributed by atoms with Gasteiger partial charge in [0.15, 0.2) is 0 Å². The Balaban J connectivity index is 1.57. The van der Waals surface area contributed by atoms with E-state index >= 15 is 0 Å². The number of methoxy groups -OCH3 is 1. The fourth-order valence-corrected chi connectivity index (χ4v) is 3.58. The number of aromatic nitrogens is 1. The van der Waals surface area contributed by atoms with Crippen LogP contribution in [0.5, 0.6) is 5.75 Å². The van der Waals surface area contributed by atoms with Gasteiger partial charge < -0.3 is 9.47 Å². The summed E-state index contributed by atoms with van der Waals surface area (Å²) in [4.78, 5) is 7.12. The first-order valence-electron chi connectivity index (χ1n) is 8.42. The molecule has 2 aliphatic rings. The fourth-order valence-electron chi connectivity index (χ4n) is 3.58. The van der Waals surface area contributed by atoms with Crippen molar-refractivity contribution in [3.63, 3.8) is 0 Å². The van der Waals surface area contributed by atoms with Crippen LogP contribution in [0, 0.1) is 0 Å². The Morgan fingerprint density at radius 3 is 2.75 bits per heavy atom. The van der Waals surface area contributed by atoms with Gasteiger partial charge in [0.2, 0.25) is 0 Å². The minimum atomic E-state index is 0.316. The van der Waals surface area contributed by atoms with Crippen LogP contribution < -0.4 is 4.74 Å². The van der Waals surface area contributed by atoms with Crippen LogP contribution in [0.3, 0.4) is 0 Å².